The molecule has 126 valence electrons. The van der Waals surface area contributed by atoms with Gasteiger partial charge in [-0.05, 0) is 17.9 Å². The molecule has 1 amide bonds. The average molecular weight is 349 g/mol. The second-order valence-corrected chi connectivity index (χ2v) is 6.30. The number of nitrogens with zero attached hydrogens (tertiary/aromatic N) is 1. The van der Waals surface area contributed by atoms with Crippen LogP contribution in [0.4, 0.5) is 13.2 Å². The molecule has 1 aromatic heterocycles. The second-order valence-electron chi connectivity index (χ2n) is 5.35. The molecule has 1 saturated heterocycles. The second kappa shape index (κ2) is 6.31. The summed E-state index contributed by atoms with van der Waals surface area (Å²) < 4.78 is 39.1. The number of amides is 1. The van der Waals surface area contributed by atoms with Gasteiger partial charge in [0.25, 0.3) is 0 Å². The van der Waals surface area contributed by atoms with E-state index in [0.29, 0.717) is 4.88 Å². The first kappa shape index (κ1) is 17.5. The summed E-state index contributed by atoms with van der Waals surface area (Å²) in [6.07, 6.45) is -5.94. The molecule has 1 N–H and O–H groups in total. The van der Waals surface area contributed by atoms with E-state index in [1.807, 2.05) is 0 Å². The van der Waals surface area contributed by atoms with E-state index < -0.39 is 36.4 Å². The van der Waals surface area contributed by atoms with Crippen LogP contribution in [0.15, 0.2) is 17.5 Å². The van der Waals surface area contributed by atoms with Crippen molar-refractivity contribution in [1.29, 1.82) is 0 Å². The van der Waals surface area contributed by atoms with Gasteiger partial charge < -0.3 is 10.0 Å². The molecule has 23 heavy (non-hydrogen) atoms. The molecule has 0 aliphatic carbocycles. The topological polar surface area (TPSA) is 74.7 Å². The Morgan fingerprint density at radius 2 is 2.00 bits per heavy atom. The number of hydrogen-bond donors (Lipinski definition) is 1. The average Bonchev–Trinajstić information content (AvgIpc) is 3.12. The third-order valence-electron chi connectivity index (χ3n) is 3.94. The van der Waals surface area contributed by atoms with E-state index in [9.17, 15) is 27.6 Å². The van der Waals surface area contributed by atoms with Crippen molar-refractivity contribution in [1.82, 2.24) is 4.90 Å². The zero-order valence-electron chi connectivity index (χ0n) is 11.9. The fourth-order valence-corrected chi connectivity index (χ4v) is 3.18. The monoisotopic (exact) mass is 349 g/mol. The lowest BCUT2D eigenvalue weighted by Gasteiger charge is -2.27. The van der Waals surface area contributed by atoms with Crippen LogP contribution in [0.25, 0.3) is 0 Å². The Balaban J connectivity index is 1.97. The van der Waals surface area contributed by atoms with E-state index in [1.54, 1.807) is 17.5 Å². The third-order valence-corrected chi connectivity index (χ3v) is 4.85. The summed E-state index contributed by atoms with van der Waals surface area (Å²) in [5, 5.41) is 10.6. The molecule has 0 bridgehead atoms. The number of carboxylic acid groups (broad SMARTS) is 1. The van der Waals surface area contributed by atoms with E-state index in [-0.39, 0.29) is 25.2 Å². The number of thiophene rings is 1. The van der Waals surface area contributed by atoms with Crippen molar-refractivity contribution >= 4 is 29.0 Å². The molecule has 9 heteroatoms. The largest absolute Gasteiger partial charge is 0.481 e. The van der Waals surface area contributed by atoms with Crippen LogP contribution in [-0.4, -0.2) is 46.9 Å². The van der Waals surface area contributed by atoms with Crippen molar-refractivity contribution in [3.63, 3.8) is 0 Å². The summed E-state index contributed by atoms with van der Waals surface area (Å²) in [7, 11) is 0. The highest BCUT2D eigenvalue weighted by Gasteiger charge is 2.64. The molecule has 0 saturated carbocycles. The van der Waals surface area contributed by atoms with Gasteiger partial charge in [-0.1, -0.05) is 6.07 Å². The molecule has 2 rings (SSSR count). The first-order valence-corrected chi connectivity index (χ1v) is 7.70. The number of carbonyl (C=O) groups excluding carboxylic acids is 2. The van der Waals surface area contributed by atoms with Gasteiger partial charge in [0.15, 0.2) is 11.2 Å². The summed E-state index contributed by atoms with van der Waals surface area (Å²) in [6, 6.07) is 3.29. The fraction of sp³-hybridized carbons (Fsp3) is 0.500. The minimum absolute atomic E-state index is 0.109. The highest BCUT2D eigenvalue weighted by atomic mass is 32.1. The number of ketones is 1. The summed E-state index contributed by atoms with van der Waals surface area (Å²) in [5.41, 5.74) is -2.92. The Kier molecular flexibility index (Phi) is 4.79. The number of carboxylic acids is 1. The van der Waals surface area contributed by atoms with E-state index >= 15 is 0 Å². The number of aliphatic carboxylic acids is 1. The summed E-state index contributed by atoms with van der Waals surface area (Å²) in [4.78, 5) is 36.2. The lowest BCUT2D eigenvalue weighted by Crippen LogP contribution is -2.47. The lowest BCUT2D eigenvalue weighted by molar-refractivity contribution is -0.227. The Bertz CT molecular complexity index is 614. The highest BCUT2D eigenvalue weighted by molar-refractivity contribution is 7.12. The number of alkyl halides is 3. The van der Waals surface area contributed by atoms with E-state index in [1.165, 1.54) is 11.3 Å². The summed E-state index contributed by atoms with van der Waals surface area (Å²) >= 11 is 1.22. The maximum absolute atomic E-state index is 13.0. The standard InChI is InChI=1S/C14H14F3NO4S/c15-14(16,17)13(12(21)22)5-6-18(8-13)11(20)4-3-9(19)10-2-1-7-23-10/h1-2,7H,3-6,8H2,(H,21,22). The van der Waals surface area contributed by atoms with Gasteiger partial charge in [0.05, 0.1) is 4.88 Å². The van der Waals surface area contributed by atoms with Gasteiger partial charge in [-0.3, -0.25) is 14.4 Å². The molecule has 0 aromatic carbocycles. The number of halogens is 3. The van der Waals surface area contributed by atoms with Crippen molar-refractivity contribution in [2.45, 2.75) is 25.4 Å². The first-order chi connectivity index (χ1) is 10.7. The molecule has 1 fully saturated rings. The number of hydrogen-bond acceptors (Lipinski definition) is 4. The quantitative estimate of drug-likeness (QED) is 0.829. The van der Waals surface area contributed by atoms with Gasteiger partial charge in [-0.15, -0.1) is 11.3 Å². The first-order valence-electron chi connectivity index (χ1n) is 6.82. The normalized spacial score (nSPS) is 21.4. The van der Waals surface area contributed by atoms with Crippen LogP contribution in [0.2, 0.25) is 0 Å². The SMILES string of the molecule is O=C(CCC(=O)N1CCC(C(=O)O)(C(F)(F)F)C1)c1cccs1. The molecular weight excluding hydrogens is 335 g/mol. The summed E-state index contributed by atoms with van der Waals surface area (Å²) in [6.45, 7) is -1.18. The molecule has 1 unspecified atom stereocenters. The molecule has 0 radical (unpaired) electrons. The van der Waals surface area contributed by atoms with Crippen LogP contribution in [0.1, 0.15) is 28.9 Å². The zero-order valence-corrected chi connectivity index (χ0v) is 12.7. The fourth-order valence-electron chi connectivity index (χ4n) is 2.49. The Labute approximate surface area is 133 Å². The van der Waals surface area contributed by atoms with E-state index in [2.05, 4.69) is 0 Å². The van der Waals surface area contributed by atoms with Gasteiger partial charge in [-0.2, -0.15) is 13.2 Å². The lowest BCUT2D eigenvalue weighted by atomic mass is 9.86. The number of rotatable bonds is 5. The Hall–Kier alpha value is -1.90. The third kappa shape index (κ3) is 3.39. The molecule has 1 aliphatic rings. The molecule has 1 aliphatic heterocycles. The van der Waals surface area contributed by atoms with Crippen molar-refractivity contribution < 1.29 is 32.7 Å². The van der Waals surface area contributed by atoms with E-state index in [4.69, 9.17) is 5.11 Å². The highest BCUT2D eigenvalue weighted by Crippen LogP contribution is 2.45. The van der Waals surface area contributed by atoms with Crippen LogP contribution in [0.3, 0.4) is 0 Å². The van der Waals surface area contributed by atoms with Crippen molar-refractivity contribution in [3.05, 3.63) is 22.4 Å². The van der Waals surface area contributed by atoms with Crippen LogP contribution >= 0.6 is 11.3 Å². The number of carbonyl (C=O) groups is 3. The molecule has 5 nitrogen and oxygen atoms in total. The molecule has 2 heterocycles. The minimum Gasteiger partial charge on any atom is -0.481 e. The van der Waals surface area contributed by atoms with Gasteiger partial charge >= 0.3 is 12.1 Å². The number of Topliss-reactive ketones (excluding diaryl/α,β-unsaturated/α-hetero) is 1. The van der Waals surface area contributed by atoms with Crippen LogP contribution in [0, 0.1) is 5.41 Å². The van der Waals surface area contributed by atoms with Gasteiger partial charge in [0, 0.05) is 25.9 Å². The van der Waals surface area contributed by atoms with Gasteiger partial charge in [0.1, 0.15) is 0 Å². The zero-order chi connectivity index (χ0) is 17.3. The maximum atomic E-state index is 13.0. The van der Waals surface area contributed by atoms with E-state index in [0.717, 1.165) is 4.90 Å². The minimum atomic E-state index is -4.93. The van der Waals surface area contributed by atoms with Gasteiger partial charge in [0.2, 0.25) is 5.91 Å². The van der Waals surface area contributed by atoms with Crippen LogP contribution in [0.5, 0.6) is 0 Å². The Morgan fingerprint density at radius 3 is 2.48 bits per heavy atom. The summed E-state index contributed by atoms with van der Waals surface area (Å²) in [5.74, 6) is -2.87. The molecular formula is C14H14F3NO4S. The molecule has 1 aromatic rings. The smallest absolute Gasteiger partial charge is 0.406 e. The molecule has 1 atom stereocenters. The van der Waals surface area contributed by atoms with Crippen molar-refractivity contribution in [3.8, 4) is 0 Å². The van der Waals surface area contributed by atoms with Gasteiger partial charge in [-0.25, -0.2) is 0 Å². The maximum Gasteiger partial charge on any atom is 0.406 e. The Morgan fingerprint density at radius 1 is 1.30 bits per heavy atom. The predicted molar refractivity (Wildman–Crippen MR) is 75.2 cm³/mol. The number of likely N-dealkylation sites (tertiary alicyclic amines) is 1. The van der Waals surface area contributed by atoms with Crippen LogP contribution < -0.4 is 0 Å². The van der Waals surface area contributed by atoms with Crippen molar-refractivity contribution in [2.24, 2.45) is 5.41 Å². The van der Waals surface area contributed by atoms with Crippen molar-refractivity contribution in [2.75, 3.05) is 13.1 Å². The molecule has 0 spiro atoms. The van der Waals surface area contributed by atoms with Crippen LogP contribution in [-0.2, 0) is 9.59 Å². The predicted octanol–water partition coefficient (Wildman–Crippen LogP) is 2.58.